The lowest BCUT2D eigenvalue weighted by atomic mass is 9.99. The number of aliphatic hydroxyl groups is 1. The number of unbranched alkanes of at least 4 members (excludes halogenated alkanes) is 3. The van der Waals surface area contributed by atoms with Gasteiger partial charge in [0.05, 0.1) is 13.0 Å². The number of carbonyl (C=O) groups excluding carboxylic acids is 1. The molecule has 100 valence electrons. The number of likely N-dealkylation sites (tertiary alicyclic amines) is 1. The first-order chi connectivity index (χ1) is 8.19. The van der Waals surface area contributed by atoms with Crippen LogP contribution in [0.4, 0.5) is 0 Å². The lowest BCUT2D eigenvalue weighted by Gasteiger charge is -2.14. The fraction of sp³-hybridized carbons (Fsp3) is 0.923. The first kappa shape index (κ1) is 14.5. The second-order valence-corrected chi connectivity index (χ2v) is 5.00. The quantitative estimate of drug-likeness (QED) is 0.540. The van der Waals surface area contributed by atoms with Crippen molar-refractivity contribution in [2.75, 3.05) is 33.4 Å². The fourth-order valence-electron chi connectivity index (χ4n) is 2.51. The highest BCUT2D eigenvalue weighted by molar-refractivity contribution is 5.73. The number of ether oxygens (including phenoxy) is 1. The molecule has 0 aromatic carbocycles. The SMILES string of the molecule is COC(=O)C1CN(CCCCCCO)CC1C. The molecule has 2 atom stereocenters. The average molecular weight is 243 g/mol. The molecule has 1 N–H and O–H groups in total. The lowest BCUT2D eigenvalue weighted by Crippen LogP contribution is -2.25. The van der Waals surface area contributed by atoms with Gasteiger partial charge in [0.25, 0.3) is 0 Å². The molecule has 4 nitrogen and oxygen atoms in total. The van der Waals surface area contributed by atoms with Gasteiger partial charge in [0.2, 0.25) is 0 Å². The normalized spacial score (nSPS) is 25.1. The number of aliphatic hydroxyl groups excluding tert-OH is 1. The van der Waals surface area contributed by atoms with Crippen LogP contribution in [0.3, 0.4) is 0 Å². The molecule has 0 aromatic rings. The summed E-state index contributed by atoms with van der Waals surface area (Å²) in [5.41, 5.74) is 0. The number of hydrogen-bond acceptors (Lipinski definition) is 4. The van der Waals surface area contributed by atoms with Crippen LogP contribution in [-0.2, 0) is 9.53 Å². The minimum atomic E-state index is -0.0692. The number of hydrogen-bond donors (Lipinski definition) is 1. The molecule has 17 heavy (non-hydrogen) atoms. The molecule has 0 aliphatic carbocycles. The topological polar surface area (TPSA) is 49.8 Å². The summed E-state index contributed by atoms with van der Waals surface area (Å²) < 4.78 is 4.82. The van der Waals surface area contributed by atoms with Crippen molar-refractivity contribution >= 4 is 5.97 Å². The number of methoxy groups -OCH3 is 1. The van der Waals surface area contributed by atoms with Crippen LogP contribution in [0.15, 0.2) is 0 Å². The predicted molar refractivity (Wildman–Crippen MR) is 66.7 cm³/mol. The molecule has 0 aromatic heterocycles. The van der Waals surface area contributed by atoms with Crippen LogP contribution in [0, 0.1) is 11.8 Å². The predicted octanol–water partition coefficient (Wildman–Crippen LogP) is 1.28. The second-order valence-electron chi connectivity index (χ2n) is 5.00. The van der Waals surface area contributed by atoms with E-state index in [1.165, 1.54) is 7.11 Å². The fourth-order valence-corrected chi connectivity index (χ4v) is 2.51. The van der Waals surface area contributed by atoms with Gasteiger partial charge in [0, 0.05) is 19.7 Å². The molecule has 2 unspecified atom stereocenters. The van der Waals surface area contributed by atoms with Gasteiger partial charge < -0.3 is 14.7 Å². The minimum Gasteiger partial charge on any atom is -0.469 e. The number of nitrogens with zero attached hydrogens (tertiary/aromatic N) is 1. The summed E-state index contributed by atoms with van der Waals surface area (Å²) in [4.78, 5) is 13.9. The number of carbonyl (C=O) groups is 1. The number of rotatable bonds is 7. The highest BCUT2D eigenvalue weighted by atomic mass is 16.5. The van der Waals surface area contributed by atoms with Gasteiger partial charge >= 0.3 is 5.97 Å². The zero-order valence-electron chi connectivity index (χ0n) is 11.0. The standard InChI is InChI=1S/C13H25NO3/c1-11-9-14(7-5-3-4-6-8-15)10-12(11)13(16)17-2/h11-12,15H,3-10H2,1-2H3. The van der Waals surface area contributed by atoms with Gasteiger partial charge in [0.15, 0.2) is 0 Å². The van der Waals surface area contributed by atoms with Gasteiger partial charge in [-0.1, -0.05) is 19.8 Å². The number of esters is 1. The Morgan fingerprint density at radius 3 is 2.65 bits per heavy atom. The minimum absolute atomic E-state index is 0.0532. The molecule has 4 heteroatoms. The average Bonchev–Trinajstić information content (AvgIpc) is 2.69. The first-order valence-corrected chi connectivity index (χ1v) is 6.60. The molecule has 0 radical (unpaired) electrons. The van der Waals surface area contributed by atoms with E-state index in [1.54, 1.807) is 0 Å². The summed E-state index contributed by atoms with van der Waals surface area (Å²) >= 11 is 0. The molecule has 0 saturated carbocycles. The van der Waals surface area contributed by atoms with Crippen molar-refractivity contribution in [2.45, 2.75) is 32.6 Å². The summed E-state index contributed by atoms with van der Waals surface area (Å²) in [5.74, 6) is 0.387. The zero-order valence-corrected chi connectivity index (χ0v) is 11.0. The molecule has 1 heterocycles. The second kappa shape index (κ2) is 7.67. The Balaban J connectivity index is 2.18. The van der Waals surface area contributed by atoms with Crippen LogP contribution in [0.5, 0.6) is 0 Å². The summed E-state index contributed by atoms with van der Waals surface area (Å²) in [6, 6.07) is 0. The third-order valence-electron chi connectivity index (χ3n) is 3.57. The molecule has 1 saturated heterocycles. The Bertz CT molecular complexity index is 233. The summed E-state index contributed by atoms with van der Waals surface area (Å²) in [5, 5.41) is 8.67. The van der Waals surface area contributed by atoms with E-state index in [0.717, 1.165) is 45.3 Å². The van der Waals surface area contributed by atoms with Crippen molar-refractivity contribution in [3.05, 3.63) is 0 Å². The van der Waals surface area contributed by atoms with Crippen LogP contribution in [0.2, 0.25) is 0 Å². The first-order valence-electron chi connectivity index (χ1n) is 6.60. The Morgan fingerprint density at radius 2 is 2.00 bits per heavy atom. The third-order valence-corrected chi connectivity index (χ3v) is 3.57. The van der Waals surface area contributed by atoms with Gasteiger partial charge in [-0.05, 0) is 25.3 Å². The Labute approximate surface area is 104 Å². The Kier molecular flexibility index (Phi) is 6.52. The Morgan fingerprint density at radius 1 is 1.29 bits per heavy atom. The van der Waals surface area contributed by atoms with Crippen molar-refractivity contribution < 1.29 is 14.6 Å². The van der Waals surface area contributed by atoms with Gasteiger partial charge in [-0.2, -0.15) is 0 Å². The van der Waals surface area contributed by atoms with Crippen LogP contribution < -0.4 is 0 Å². The molecular formula is C13H25NO3. The van der Waals surface area contributed by atoms with E-state index in [4.69, 9.17) is 9.84 Å². The van der Waals surface area contributed by atoms with Crippen molar-refractivity contribution in [3.63, 3.8) is 0 Å². The van der Waals surface area contributed by atoms with E-state index in [2.05, 4.69) is 11.8 Å². The smallest absolute Gasteiger partial charge is 0.310 e. The molecule has 1 aliphatic rings. The zero-order chi connectivity index (χ0) is 12.7. The third kappa shape index (κ3) is 4.64. The molecule has 1 rings (SSSR count). The van der Waals surface area contributed by atoms with Crippen LogP contribution >= 0.6 is 0 Å². The lowest BCUT2D eigenvalue weighted by molar-refractivity contribution is -0.146. The van der Waals surface area contributed by atoms with Crippen LogP contribution in [0.1, 0.15) is 32.6 Å². The van der Waals surface area contributed by atoms with Gasteiger partial charge in [-0.15, -0.1) is 0 Å². The molecule has 1 fully saturated rings. The largest absolute Gasteiger partial charge is 0.469 e. The van der Waals surface area contributed by atoms with Crippen molar-refractivity contribution in [2.24, 2.45) is 11.8 Å². The monoisotopic (exact) mass is 243 g/mol. The summed E-state index contributed by atoms with van der Waals surface area (Å²) in [6.45, 7) is 5.31. The van der Waals surface area contributed by atoms with E-state index in [1.807, 2.05) is 0 Å². The van der Waals surface area contributed by atoms with E-state index < -0.39 is 0 Å². The van der Waals surface area contributed by atoms with E-state index >= 15 is 0 Å². The van der Waals surface area contributed by atoms with E-state index in [0.29, 0.717) is 12.5 Å². The van der Waals surface area contributed by atoms with Gasteiger partial charge in [0.1, 0.15) is 0 Å². The maximum atomic E-state index is 11.5. The Hall–Kier alpha value is -0.610. The molecule has 0 amide bonds. The van der Waals surface area contributed by atoms with Crippen LogP contribution in [0.25, 0.3) is 0 Å². The van der Waals surface area contributed by atoms with Gasteiger partial charge in [-0.3, -0.25) is 4.79 Å². The summed E-state index contributed by atoms with van der Waals surface area (Å²) in [7, 11) is 1.46. The van der Waals surface area contributed by atoms with Gasteiger partial charge in [-0.25, -0.2) is 0 Å². The van der Waals surface area contributed by atoms with Crippen molar-refractivity contribution in [1.29, 1.82) is 0 Å². The molecule has 0 spiro atoms. The van der Waals surface area contributed by atoms with E-state index in [9.17, 15) is 4.79 Å². The highest BCUT2D eigenvalue weighted by Crippen LogP contribution is 2.24. The molecular weight excluding hydrogens is 218 g/mol. The molecule has 1 aliphatic heterocycles. The van der Waals surface area contributed by atoms with E-state index in [-0.39, 0.29) is 11.9 Å². The van der Waals surface area contributed by atoms with Crippen LogP contribution in [-0.4, -0.2) is 49.3 Å². The highest BCUT2D eigenvalue weighted by Gasteiger charge is 2.34. The van der Waals surface area contributed by atoms with Crippen molar-refractivity contribution in [1.82, 2.24) is 4.90 Å². The maximum absolute atomic E-state index is 11.5. The van der Waals surface area contributed by atoms with Crippen molar-refractivity contribution in [3.8, 4) is 0 Å². The summed E-state index contributed by atoms with van der Waals surface area (Å²) in [6.07, 6.45) is 4.32. The molecule has 0 bridgehead atoms. The maximum Gasteiger partial charge on any atom is 0.310 e.